The monoisotopic (exact) mass is 485 g/mol. The molecule has 0 spiro atoms. The van der Waals surface area contributed by atoms with Crippen LogP contribution in [0.2, 0.25) is 10.0 Å². The number of benzene rings is 1. The molecule has 0 radical (unpaired) electrons. The topological polar surface area (TPSA) is 113 Å². The average molecular weight is 486 g/mol. The van der Waals surface area contributed by atoms with Gasteiger partial charge in [0.2, 0.25) is 5.91 Å². The second-order valence-electron chi connectivity index (χ2n) is 8.28. The van der Waals surface area contributed by atoms with Crippen LogP contribution in [0, 0.1) is 12.3 Å². The van der Waals surface area contributed by atoms with Crippen LogP contribution in [0.5, 0.6) is 0 Å². The van der Waals surface area contributed by atoms with E-state index in [2.05, 4.69) is 23.1 Å². The molecule has 0 unspecified atom stereocenters. The molecule has 1 aliphatic rings. The summed E-state index contributed by atoms with van der Waals surface area (Å²) in [5.41, 5.74) is -0.179. The average Bonchev–Trinajstić information content (AvgIpc) is 3.03. The van der Waals surface area contributed by atoms with Crippen molar-refractivity contribution >= 4 is 53.6 Å². The van der Waals surface area contributed by atoms with Gasteiger partial charge < -0.3 is 19.8 Å². The molecule has 3 rings (SSSR count). The van der Waals surface area contributed by atoms with Crippen LogP contribution in [0.1, 0.15) is 36.9 Å². The Morgan fingerprint density at radius 1 is 1.29 bits per heavy atom. The van der Waals surface area contributed by atoms with Crippen LogP contribution in [-0.2, 0) is 9.59 Å². The number of aryl methyl sites for hydroxylation is 1. The van der Waals surface area contributed by atoms with Crippen molar-refractivity contribution in [3.63, 3.8) is 0 Å². The number of nitrogens with one attached hydrogen (secondary N) is 1. The first kappa shape index (κ1) is 23.4. The van der Waals surface area contributed by atoms with E-state index in [1.165, 1.54) is 0 Å². The third kappa shape index (κ3) is 4.14. The lowest BCUT2D eigenvalue weighted by Crippen LogP contribution is -2.73. The standard InChI is InChI=1S/C20H21Cl2N3O5S/c1-8-11(13(24-30-8)12-9(21)6-5-7-10(12)22)16(26)23-14-17(27)25(18(14)31)15(19(28)29)20(2,3)4/h5-7,14-15,18,31H,1-4H3,(H,23,26)(H,28,29)/t14-,15+,18-/m1/s1. The summed E-state index contributed by atoms with van der Waals surface area (Å²) in [6.45, 7) is 6.69. The van der Waals surface area contributed by atoms with E-state index in [9.17, 15) is 19.5 Å². The van der Waals surface area contributed by atoms with Gasteiger partial charge in [-0.3, -0.25) is 9.59 Å². The number of hydrogen-bond donors (Lipinski definition) is 3. The maximum Gasteiger partial charge on any atom is 0.327 e. The van der Waals surface area contributed by atoms with E-state index in [1.807, 2.05) is 0 Å². The smallest absolute Gasteiger partial charge is 0.327 e. The lowest BCUT2D eigenvalue weighted by atomic mass is 9.83. The lowest BCUT2D eigenvalue weighted by Gasteiger charge is -2.50. The van der Waals surface area contributed by atoms with Gasteiger partial charge in [0, 0.05) is 5.56 Å². The van der Waals surface area contributed by atoms with Gasteiger partial charge in [-0.05, 0) is 24.5 Å². The van der Waals surface area contributed by atoms with Gasteiger partial charge in [-0.1, -0.05) is 55.2 Å². The Bertz CT molecular complexity index is 1050. The third-order valence-electron chi connectivity index (χ3n) is 5.01. The fourth-order valence-corrected chi connectivity index (χ4v) is 4.59. The van der Waals surface area contributed by atoms with Crippen LogP contribution in [0.15, 0.2) is 22.7 Å². The van der Waals surface area contributed by atoms with E-state index in [1.54, 1.807) is 45.9 Å². The van der Waals surface area contributed by atoms with Crippen molar-refractivity contribution < 1.29 is 24.0 Å². The molecular formula is C20H21Cl2N3O5S. The minimum Gasteiger partial charge on any atom is -0.480 e. The van der Waals surface area contributed by atoms with Crippen molar-refractivity contribution in [1.82, 2.24) is 15.4 Å². The number of aromatic nitrogens is 1. The molecule has 3 atom stereocenters. The quantitative estimate of drug-likeness (QED) is 0.439. The number of carboxylic acid groups (broad SMARTS) is 1. The van der Waals surface area contributed by atoms with E-state index in [4.69, 9.17) is 27.7 Å². The summed E-state index contributed by atoms with van der Waals surface area (Å²) in [7, 11) is 0. The highest BCUT2D eigenvalue weighted by Crippen LogP contribution is 2.38. The molecule has 1 aliphatic heterocycles. The number of β-lactam (4-membered cyclic amide) rings is 1. The first-order valence-electron chi connectivity index (χ1n) is 9.30. The van der Waals surface area contributed by atoms with Crippen LogP contribution in [0.25, 0.3) is 11.3 Å². The second kappa shape index (κ2) is 8.37. The van der Waals surface area contributed by atoms with E-state index >= 15 is 0 Å². The zero-order valence-electron chi connectivity index (χ0n) is 17.1. The first-order chi connectivity index (χ1) is 14.4. The van der Waals surface area contributed by atoms with Crippen LogP contribution in [-0.4, -0.2) is 50.4 Å². The van der Waals surface area contributed by atoms with Crippen LogP contribution < -0.4 is 5.32 Å². The Morgan fingerprint density at radius 3 is 2.35 bits per heavy atom. The fourth-order valence-electron chi connectivity index (χ4n) is 3.57. The molecule has 2 heterocycles. The number of likely N-dealkylation sites (tertiary alicyclic amines) is 1. The van der Waals surface area contributed by atoms with Crippen molar-refractivity contribution in [2.24, 2.45) is 5.41 Å². The van der Waals surface area contributed by atoms with Gasteiger partial charge in [0.15, 0.2) is 0 Å². The highest BCUT2D eigenvalue weighted by molar-refractivity contribution is 7.81. The maximum absolute atomic E-state index is 13.0. The predicted octanol–water partition coefficient (Wildman–Crippen LogP) is 3.65. The Balaban J connectivity index is 1.87. The summed E-state index contributed by atoms with van der Waals surface area (Å²) in [6, 6.07) is 2.75. The molecule has 31 heavy (non-hydrogen) atoms. The Hall–Kier alpha value is -2.23. The molecule has 8 nitrogen and oxygen atoms in total. The number of halogens is 2. The number of nitrogens with zero attached hydrogens (tertiary/aromatic N) is 2. The zero-order valence-corrected chi connectivity index (χ0v) is 19.5. The highest BCUT2D eigenvalue weighted by atomic mass is 35.5. The van der Waals surface area contributed by atoms with Gasteiger partial charge in [-0.15, -0.1) is 0 Å². The van der Waals surface area contributed by atoms with Crippen LogP contribution in [0.4, 0.5) is 0 Å². The normalized spacial score (nSPS) is 19.7. The second-order valence-corrected chi connectivity index (χ2v) is 9.62. The Kier molecular flexibility index (Phi) is 6.32. The number of carbonyl (C=O) groups excluding carboxylic acids is 2. The Morgan fingerprint density at radius 2 is 1.87 bits per heavy atom. The predicted molar refractivity (Wildman–Crippen MR) is 118 cm³/mol. The van der Waals surface area contributed by atoms with Crippen molar-refractivity contribution in [2.45, 2.75) is 45.2 Å². The molecule has 1 aromatic heterocycles. The summed E-state index contributed by atoms with van der Waals surface area (Å²) in [5.74, 6) is -2.11. The van der Waals surface area contributed by atoms with Crippen molar-refractivity contribution in [3.8, 4) is 11.3 Å². The van der Waals surface area contributed by atoms with Gasteiger partial charge in [-0.25, -0.2) is 4.79 Å². The molecule has 0 aliphatic carbocycles. The molecule has 0 bridgehead atoms. The van der Waals surface area contributed by atoms with Crippen LogP contribution >= 0.6 is 35.8 Å². The van der Waals surface area contributed by atoms with Gasteiger partial charge in [0.1, 0.15) is 34.5 Å². The minimum absolute atomic E-state index is 0.0763. The Labute approximate surface area is 194 Å². The molecule has 2 amide bonds. The zero-order chi connectivity index (χ0) is 23.2. The van der Waals surface area contributed by atoms with E-state index in [0.29, 0.717) is 5.56 Å². The molecule has 11 heteroatoms. The minimum atomic E-state index is -1.14. The number of aliphatic carboxylic acids is 1. The summed E-state index contributed by atoms with van der Waals surface area (Å²) >= 11 is 16.9. The van der Waals surface area contributed by atoms with E-state index in [-0.39, 0.29) is 27.1 Å². The molecule has 1 saturated heterocycles. The number of hydrogen-bond acceptors (Lipinski definition) is 6. The third-order valence-corrected chi connectivity index (χ3v) is 6.19. The van der Waals surface area contributed by atoms with Crippen molar-refractivity contribution in [2.75, 3.05) is 0 Å². The number of carbonyl (C=O) groups is 3. The summed E-state index contributed by atoms with van der Waals surface area (Å²) in [4.78, 5) is 38.7. The first-order valence-corrected chi connectivity index (χ1v) is 10.6. The number of rotatable bonds is 5. The summed E-state index contributed by atoms with van der Waals surface area (Å²) in [6.07, 6.45) is 0. The summed E-state index contributed by atoms with van der Waals surface area (Å²) in [5, 5.41) is 15.9. The number of thiol groups is 1. The van der Waals surface area contributed by atoms with Crippen LogP contribution in [0.3, 0.4) is 0 Å². The largest absolute Gasteiger partial charge is 0.480 e. The summed E-state index contributed by atoms with van der Waals surface area (Å²) < 4.78 is 5.18. The molecule has 166 valence electrons. The fraction of sp³-hybridized carbons (Fsp3) is 0.400. The van der Waals surface area contributed by atoms with Gasteiger partial charge >= 0.3 is 5.97 Å². The SMILES string of the molecule is Cc1onc(-c2c(Cl)cccc2Cl)c1C(=O)N[C@@H]1C(=O)N([C@@H](C(=O)O)C(C)(C)C)[C@@H]1S. The molecule has 2 N–H and O–H groups in total. The van der Waals surface area contributed by atoms with Gasteiger partial charge in [-0.2, -0.15) is 12.6 Å². The molecular weight excluding hydrogens is 465 g/mol. The number of amides is 2. The van der Waals surface area contributed by atoms with E-state index < -0.39 is 40.7 Å². The van der Waals surface area contributed by atoms with E-state index in [0.717, 1.165) is 4.90 Å². The van der Waals surface area contributed by atoms with Gasteiger partial charge in [0.05, 0.1) is 10.0 Å². The maximum atomic E-state index is 13.0. The van der Waals surface area contributed by atoms with Crippen molar-refractivity contribution in [3.05, 3.63) is 39.6 Å². The lowest BCUT2D eigenvalue weighted by molar-refractivity contribution is -0.166. The van der Waals surface area contributed by atoms with Gasteiger partial charge in [0.25, 0.3) is 5.91 Å². The highest BCUT2D eigenvalue weighted by Gasteiger charge is 2.54. The number of carboxylic acids is 1. The molecule has 2 aromatic rings. The van der Waals surface area contributed by atoms with Crippen molar-refractivity contribution in [1.29, 1.82) is 0 Å². The molecule has 1 aromatic carbocycles. The molecule has 0 saturated carbocycles. The molecule has 1 fully saturated rings.